The Morgan fingerprint density at radius 2 is 1.83 bits per heavy atom. The molecule has 0 aromatic heterocycles. The summed E-state index contributed by atoms with van der Waals surface area (Å²) in [6, 6.07) is 0. The molecule has 0 saturated heterocycles. The summed E-state index contributed by atoms with van der Waals surface area (Å²) in [6.07, 6.45) is 0. The Morgan fingerprint density at radius 3 is 1.83 bits per heavy atom. The van der Waals surface area contributed by atoms with Crippen molar-refractivity contribution >= 4 is 10.2 Å². The Morgan fingerprint density at radius 1 is 1.67 bits per heavy atom. The van der Waals surface area contributed by atoms with Gasteiger partial charge in [0.25, 0.3) is 0 Å². The van der Waals surface area contributed by atoms with E-state index in [4.69, 9.17) is 5.14 Å². The van der Waals surface area contributed by atoms with Crippen molar-refractivity contribution in [2.75, 3.05) is 0 Å². The molecule has 0 atom stereocenters. The van der Waals surface area contributed by atoms with Crippen LogP contribution in [0.25, 0.3) is 0 Å². The van der Waals surface area contributed by atoms with Crippen LogP contribution in [0.1, 0.15) is 0 Å². The third-order valence-electron chi connectivity index (χ3n) is 0.139. The minimum atomic E-state index is -4.01. The second kappa shape index (κ2) is 1.52. The zero-order chi connectivity index (χ0) is 5.21. The predicted octanol–water partition coefficient (Wildman–Crippen LogP) is -2.01. The molecule has 6 heteroatoms. The number of rotatable bonds is 1. The lowest BCUT2D eigenvalue weighted by atomic mass is 13.0. The van der Waals surface area contributed by atoms with Gasteiger partial charge in [-0.3, -0.25) is 0 Å². The van der Waals surface area contributed by atoms with Crippen LogP contribution in [-0.2, 0) is 10.2 Å². The molecule has 0 aromatic carbocycles. The SMILES string of the molecule is [NH]S(=O)(=O)[N]N. The number of hydrogen-bond donors (Lipinski definition) is 1. The van der Waals surface area contributed by atoms with Gasteiger partial charge in [0.05, 0.1) is 0 Å². The summed E-state index contributed by atoms with van der Waals surface area (Å²) < 4.78 is 18.8. The summed E-state index contributed by atoms with van der Waals surface area (Å²) >= 11 is 0. The lowest BCUT2D eigenvalue weighted by Crippen LogP contribution is -2.22. The third-order valence-corrected chi connectivity index (χ3v) is 0.416. The maximum absolute atomic E-state index is 9.38. The summed E-state index contributed by atoms with van der Waals surface area (Å²) in [4.78, 5) is 2.16. The quantitative estimate of drug-likeness (QED) is 0.311. The second-order valence-corrected chi connectivity index (χ2v) is 1.74. The molecule has 0 aliphatic rings. The van der Waals surface area contributed by atoms with E-state index in [0.717, 1.165) is 0 Å². The Hall–Kier alpha value is -0.170. The van der Waals surface area contributed by atoms with Gasteiger partial charge in [-0.05, 0) is 4.83 Å². The Kier molecular flexibility index (Phi) is 1.48. The van der Waals surface area contributed by atoms with E-state index in [1.807, 2.05) is 0 Å². The minimum Gasteiger partial charge on any atom is -0.237 e. The number of hydrogen-bond acceptors (Lipinski definition) is 3. The Balaban J connectivity index is 3.85. The van der Waals surface area contributed by atoms with Gasteiger partial charge < -0.3 is 0 Å². The topological polar surface area (TPSA) is 98.1 Å². The summed E-state index contributed by atoms with van der Waals surface area (Å²) in [5.74, 6) is 4.16. The van der Waals surface area contributed by atoms with Crippen LogP contribution in [0.4, 0.5) is 0 Å². The lowest BCUT2D eigenvalue weighted by Gasteiger charge is -1.79. The number of nitrogens with one attached hydrogen (secondary N) is 1. The molecule has 0 unspecified atom stereocenters. The van der Waals surface area contributed by atoms with E-state index in [1.54, 1.807) is 0 Å². The van der Waals surface area contributed by atoms with Crippen LogP contribution >= 0.6 is 0 Å². The molecule has 3 N–H and O–H groups in total. The molecule has 0 amide bonds. The van der Waals surface area contributed by atoms with Gasteiger partial charge in [-0.2, -0.15) is 8.42 Å². The van der Waals surface area contributed by atoms with Crippen LogP contribution in [0.3, 0.4) is 0 Å². The first-order valence-electron chi connectivity index (χ1n) is 0.978. The first-order chi connectivity index (χ1) is 2.56. The predicted molar refractivity (Wildman–Crippen MR) is 18.3 cm³/mol. The van der Waals surface area contributed by atoms with Crippen LogP contribution < -0.4 is 15.8 Å². The molecule has 0 aliphatic carbocycles. The van der Waals surface area contributed by atoms with Crippen LogP contribution in [0, 0.1) is 0 Å². The molecule has 0 aromatic rings. The minimum absolute atomic E-state index is 2.16. The van der Waals surface area contributed by atoms with E-state index in [9.17, 15) is 8.42 Å². The van der Waals surface area contributed by atoms with Crippen LogP contribution in [0.2, 0.25) is 0 Å². The van der Waals surface area contributed by atoms with Gasteiger partial charge in [-0.15, -0.1) is 5.14 Å². The molecule has 0 rings (SSSR count). The monoisotopic (exact) mass is 109 g/mol. The first-order valence-corrected chi connectivity index (χ1v) is 2.42. The van der Waals surface area contributed by atoms with Gasteiger partial charge in [0.1, 0.15) is 0 Å². The molecule has 0 heterocycles. The van der Waals surface area contributed by atoms with Crippen molar-refractivity contribution in [2.45, 2.75) is 0 Å². The largest absolute Gasteiger partial charge is 0.321 e. The van der Waals surface area contributed by atoms with Crippen molar-refractivity contribution in [1.29, 1.82) is 0 Å². The van der Waals surface area contributed by atoms with Crippen molar-refractivity contribution in [2.24, 2.45) is 5.84 Å². The summed E-state index contributed by atoms with van der Waals surface area (Å²) in [5, 5.41) is 5.86. The molecule has 0 spiro atoms. The van der Waals surface area contributed by atoms with Crippen molar-refractivity contribution in [1.82, 2.24) is 9.97 Å². The summed E-state index contributed by atoms with van der Waals surface area (Å²) in [7, 11) is -4.01. The first kappa shape index (κ1) is 5.83. The smallest absolute Gasteiger partial charge is 0.237 e. The van der Waals surface area contributed by atoms with Crippen molar-refractivity contribution < 1.29 is 8.42 Å². The average Bonchev–Trinajstić information content (AvgIpc) is 1.35. The zero-order valence-corrected chi connectivity index (χ0v) is 3.57. The van der Waals surface area contributed by atoms with Crippen molar-refractivity contribution in [3.63, 3.8) is 0 Å². The molecule has 36 valence electrons. The molecular formula is H3N3O2S. The lowest BCUT2D eigenvalue weighted by molar-refractivity contribution is 0.583. The molecule has 0 aliphatic heterocycles. The van der Waals surface area contributed by atoms with Gasteiger partial charge in [0, 0.05) is 0 Å². The highest BCUT2D eigenvalue weighted by Crippen LogP contribution is 1.59. The van der Waals surface area contributed by atoms with E-state index in [1.165, 1.54) is 0 Å². The third kappa shape index (κ3) is 3.83. The van der Waals surface area contributed by atoms with Crippen LogP contribution in [-0.4, -0.2) is 8.42 Å². The van der Waals surface area contributed by atoms with E-state index in [2.05, 4.69) is 10.7 Å². The van der Waals surface area contributed by atoms with Crippen LogP contribution in [0.15, 0.2) is 0 Å². The zero-order valence-electron chi connectivity index (χ0n) is 2.75. The van der Waals surface area contributed by atoms with Gasteiger partial charge in [-0.25, -0.2) is 5.84 Å². The van der Waals surface area contributed by atoms with Crippen molar-refractivity contribution in [3.8, 4) is 0 Å². The normalized spacial score (nSPS) is 11.7. The molecule has 0 bridgehead atoms. The molecule has 2 radical (unpaired) electrons. The maximum atomic E-state index is 9.38. The van der Waals surface area contributed by atoms with E-state index >= 15 is 0 Å². The van der Waals surface area contributed by atoms with E-state index < -0.39 is 10.2 Å². The standard InChI is InChI=1S/H3N3O2S/c1-3-6(2,4)5/h2H,1H2. The fourth-order valence-corrected chi connectivity index (χ4v) is 0. The Bertz CT molecular complexity index is 111. The molecule has 5 nitrogen and oxygen atoms in total. The van der Waals surface area contributed by atoms with Crippen molar-refractivity contribution in [3.05, 3.63) is 0 Å². The Labute approximate surface area is 35.5 Å². The molecular weight excluding hydrogens is 106 g/mol. The maximum Gasteiger partial charge on any atom is 0.321 e. The number of nitrogens with zero attached hydrogens (tertiary/aromatic N) is 1. The van der Waals surface area contributed by atoms with E-state index in [-0.39, 0.29) is 0 Å². The summed E-state index contributed by atoms with van der Waals surface area (Å²) in [6.45, 7) is 0. The van der Waals surface area contributed by atoms with Gasteiger partial charge in [0.2, 0.25) is 0 Å². The highest BCUT2D eigenvalue weighted by atomic mass is 32.2. The summed E-state index contributed by atoms with van der Waals surface area (Å²) in [5.41, 5.74) is 0. The fraction of sp³-hybridized carbons (Fsp3) is 0. The van der Waals surface area contributed by atoms with Gasteiger partial charge >= 0.3 is 10.2 Å². The average molecular weight is 109 g/mol. The molecule has 0 fully saturated rings. The molecule has 0 saturated carbocycles. The van der Waals surface area contributed by atoms with E-state index in [0.29, 0.717) is 0 Å². The van der Waals surface area contributed by atoms with Gasteiger partial charge in [-0.1, -0.05) is 0 Å². The highest BCUT2D eigenvalue weighted by Gasteiger charge is 1.94. The van der Waals surface area contributed by atoms with Gasteiger partial charge in [0.15, 0.2) is 0 Å². The second-order valence-electron chi connectivity index (χ2n) is 0.580. The fourth-order valence-electron chi connectivity index (χ4n) is 0. The van der Waals surface area contributed by atoms with Crippen LogP contribution in [0.5, 0.6) is 0 Å². The molecule has 6 heavy (non-hydrogen) atoms. The highest BCUT2D eigenvalue weighted by molar-refractivity contribution is 7.86. The number of nitrogens with two attached hydrogens (primary N) is 1.